The molecular weight excluding hydrogens is 434 g/mol. The van der Waals surface area contributed by atoms with Crippen LogP contribution in [0.25, 0.3) is 0 Å². The molecule has 3 N–H and O–H groups in total. The van der Waals surface area contributed by atoms with E-state index >= 15 is 0 Å². The van der Waals surface area contributed by atoms with Crippen molar-refractivity contribution in [2.75, 3.05) is 44.6 Å². The summed E-state index contributed by atoms with van der Waals surface area (Å²) in [7, 11) is 0. The second-order valence-corrected chi connectivity index (χ2v) is 9.75. The Morgan fingerprint density at radius 3 is 2.59 bits per heavy atom. The average Bonchev–Trinajstić information content (AvgIpc) is 3.20. The third-order valence-electron chi connectivity index (χ3n) is 7.65. The first kappa shape index (κ1) is 23.3. The monoisotopic (exact) mass is 469 g/mol. The van der Waals surface area contributed by atoms with Crippen LogP contribution in [0.15, 0.2) is 18.2 Å². The number of likely N-dealkylation sites (tertiary alicyclic amines) is 1. The first-order valence-corrected chi connectivity index (χ1v) is 12.7. The van der Waals surface area contributed by atoms with Crippen LogP contribution >= 0.6 is 0 Å². The lowest BCUT2D eigenvalue weighted by molar-refractivity contribution is -0.136. The zero-order valence-electron chi connectivity index (χ0n) is 19.7. The topological polar surface area (TPSA) is 103 Å². The Bertz CT molecular complexity index is 924. The van der Waals surface area contributed by atoms with Gasteiger partial charge in [0.05, 0.1) is 12.7 Å². The van der Waals surface area contributed by atoms with Gasteiger partial charge in [0, 0.05) is 55.5 Å². The molecular formula is C25H35N5O4. The summed E-state index contributed by atoms with van der Waals surface area (Å²) < 4.78 is 6.16. The van der Waals surface area contributed by atoms with Gasteiger partial charge in [0.2, 0.25) is 11.8 Å². The SMILES string of the molecule is O=C1CCC(N2Cc3c(NCCOC4CCN(C5CCNCC5)CC4)cccc3C2=O)C(=O)N1. The molecule has 5 rings (SSSR count). The highest BCUT2D eigenvalue weighted by molar-refractivity contribution is 6.06. The Morgan fingerprint density at radius 1 is 1.03 bits per heavy atom. The summed E-state index contributed by atoms with van der Waals surface area (Å²) in [6, 6.07) is 5.78. The summed E-state index contributed by atoms with van der Waals surface area (Å²) in [4.78, 5) is 40.9. The number of benzene rings is 1. The number of carbonyl (C=O) groups excluding carboxylic acids is 3. The number of hydrogen-bond donors (Lipinski definition) is 3. The Balaban J connectivity index is 1.09. The molecule has 1 atom stereocenters. The zero-order chi connectivity index (χ0) is 23.5. The Morgan fingerprint density at radius 2 is 1.82 bits per heavy atom. The quantitative estimate of drug-likeness (QED) is 0.406. The molecule has 3 fully saturated rings. The van der Waals surface area contributed by atoms with E-state index in [0.29, 0.717) is 37.8 Å². The van der Waals surface area contributed by atoms with Crippen LogP contribution in [0.3, 0.4) is 0 Å². The number of nitrogens with one attached hydrogen (secondary N) is 3. The lowest BCUT2D eigenvalue weighted by atomic mass is 10.00. The predicted octanol–water partition coefficient (Wildman–Crippen LogP) is 1.09. The zero-order valence-corrected chi connectivity index (χ0v) is 19.7. The van der Waals surface area contributed by atoms with E-state index in [-0.39, 0.29) is 24.1 Å². The second-order valence-electron chi connectivity index (χ2n) is 9.75. The molecule has 0 saturated carbocycles. The van der Waals surface area contributed by atoms with Gasteiger partial charge in [-0.25, -0.2) is 0 Å². The average molecular weight is 470 g/mol. The number of anilines is 1. The number of piperidine rings is 3. The van der Waals surface area contributed by atoms with Gasteiger partial charge in [0.25, 0.3) is 5.91 Å². The van der Waals surface area contributed by atoms with E-state index in [0.717, 1.165) is 56.3 Å². The molecule has 9 nitrogen and oxygen atoms in total. The summed E-state index contributed by atoms with van der Waals surface area (Å²) >= 11 is 0. The van der Waals surface area contributed by atoms with Crippen molar-refractivity contribution >= 4 is 23.4 Å². The van der Waals surface area contributed by atoms with E-state index in [4.69, 9.17) is 4.74 Å². The second kappa shape index (κ2) is 10.4. The van der Waals surface area contributed by atoms with Crippen molar-refractivity contribution in [1.29, 1.82) is 0 Å². The molecule has 1 aromatic rings. The highest BCUT2D eigenvalue weighted by Crippen LogP contribution is 2.32. The van der Waals surface area contributed by atoms with Gasteiger partial charge >= 0.3 is 0 Å². The number of imide groups is 1. The third-order valence-corrected chi connectivity index (χ3v) is 7.65. The van der Waals surface area contributed by atoms with Crippen molar-refractivity contribution in [3.8, 4) is 0 Å². The van der Waals surface area contributed by atoms with Crippen LogP contribution in [0.1, 0.15) is 54.4 Å². The number of hydrogen-bond acceptors (Lipinski definition) is 7. The predicted molar refractivity (Wildman–Crippen MR) is 127 cm³/mol. The Kier molecular flexibility index (Phi) is 7.12. The maximum Gasteiger partial charge on any atom is 0.255 e. The summed E-state index contributed by atoms with van der Waals surface area (Å²) in [6.07, 6.45) is 5.61. The van der Waals surface area contributed by atoms with E-state index < -0.39 is 6.04 Å². The number of nitrogens with zero attached hydrogens (tertiary/aromatic N) is 2. The van der Waals surface area contributed by atoms with Crippen molar-refractivity contribution in [1.82, 2.24) is 20.4 Å². The fraction of sp³-hybridized carbons (Fsp3) is 0.640. The van der Waals surface area contributed by atoms with Gasteiger partial charge in [-0.3, -0.25) is 19.7 Å². The van der Waals surface area contributed by atoms with E-state index in [1.165, 1.54) is 12.8 Å². The molecule has 0 spiro atoms. The van der Waals surface area contributed by atoms with Gasteiger partial charge in [0.1, 0.15) is 6.04 Å². The molecule has 184 valence electrons. The fourth-order valence-corrected chi connectivity index (χ4v) is 5.74. The van der Waals surface area contributed by atoms with Crippen LogP contribution in [0, 0.1) is 0 Å². The van der Waals surface area contributed by atoms with Gasteiger partial charge in [-0.2, -0.15) is 0 Å². The highest BCUT2D eigenvalue weighted by Gasteiger charge is 2.39. The van der Waals surface area contributed by atoms with Crippen molar-refractivity contribution in [3.63, 3.8) is 0 Å². The minimum atomic E-state index is -0.593. The lowest BCUT2D eigenvalue weighted by Gasteiger charge is -2.39. The third kappa shape index (κ3) is 4.96. The molecule has 4 heterocycles. The van der Waals surface area contributed by atoms with Crippen LogP contribution in [0.4, 0.5) is 5.69 Å². The lowest BCUT2D eigenvalue weighted by Crippen LogP contribution is -2.52. The van der Waals surface area contributed by atoms with Crippen LogP contribution < -0.4 is 16.0 Å². The number of rotatable bonds is 7. The maximum atomic E-state index is 13.0. The van der Waals surface area contributed by atoms with E-state index in [1.807, 2.05) is 12.1 Å². The number of fused-ring (bicyclic) bond motifs is 1. The van der Waals surface area contributed by atoms with Gasteiger partial charge in [-0.15, -0.1) is 0 Å². The molecule has 0 aromatic heterocycles. The van der Waals surface area contributed by atoms with Gasteiger partial charge in [-0.1, -0.05) is 6.07 Å². The van der Waals surface area contributed by atoms with Crippen molar-refractivity contribution in [3.05, 3.63) is 29.3 Å². The Labute approximate surface area is 200 Å². The first-order valence-electron chi connectivity index (χ1n) is 12.7. The molecule has 3 saturated heterocycles. The molecule has 0 radical (unpaired) electrons. The molecule has 3 amide bonds. The van der Waals surface area contributed by atoms with Crippen LogP contribution in [0.5, 0.6) is 0 Å². The number of carbonyl (C=O) groups is 3. The smallest absolute Gasteiger partial charge is 0.255 e. The molecule has 1 aromatic carbocycles. The molecule has 4 aliphatic rings. The van der Waals surface area contributed by atoms with Crippen LogP contribution in [-0.4, -0.2) is 85.0 Å². The molecule has 0 bridgehead atoms. The maximum absolute atomic E-state index is 13.0. The molecule has 9 heteroatoms. The largest absolute Gasteiger partial charge is 0.382 e. The minimum Gasteiger partial charge on any atom is -0.382 e. The Hall–Kier alpha value is -2.49. The summed E-state index contributed by atoms with van der Waals surface area (Å²) in [5.74, 6) is -0.804. The molecule has 1 unspecified atom stereocenters. The summed E-state index contributed by atoms with van der Waals surface area (Å²) in [6.45, 7) is 6.16. The van der Waals surface area contributed by atoms with Crippen molar-refractivity contribution in [2.24, 2.45) is 0 Å². The first-order chi connectivity index (χ1) is 16.6. The molecule has 34 heavy (non-hydrogen) atoms. The minimum absolute atomic E-state index is 0.148. The van der Waals surface area contributed by atoms with Crippen molar-refractivity contribution < 1.29 is 19.1 Å². The van der Waals surface area contributed by atoms with Gasteiger partial charge < -0.3 is 25.2 Å². The summed E-state index contributed by atoms with van der Waals surface area (Å²) in [5.41, 5.74) is 2.44. The van der Waals surface area contributed by atoms with Gasteiger partial charge in [0.15, 0.2) is 0 Å². The molecule has 0 aliphatic carbocycles. The number of ether oxygens (including phenoxy) is 1. The van der Waals surface area contributed by atoms with Crippen molar-refractivity contribution in [2.45, 2.75) is 63.3 Å². The van der Waals surface area contributed by atoms with E-state index in [9.17, 15) is 14.4 Å². The fourth-order valence-electron chi connectivity index (χ4n) is 5.74. The van der Waals surface area contributed by atoms with Gasteiger partial charge in [-0.05, 0) is 57.3 Å². The summed E-state index contributed by atoms with van der Waals surface area (Å²) in [5, 5.41) is 9.23. The molecule has 4 aliphatic heterocycles. The van der Waals surface area contributed by atoms with Crippen LogP contribution in [0.2, 0.25) is 0 Å². The van der Waals surface area contributed by atoms with E-state index in [1.54, 1.807) is 11.0 Å². The highest BCUT2D eigenvalue weighted by atomic mass is 16.5. The van der Waals surface area contributed by atoms with E-state index in [2.05, 4.69) is 20.9 Å². The normalized spacial score (nSPS) is 24.9. The van der Waals surface area contributed by atoms with Crippen LogP contribution in [-0.2, 0) is 20.9 Å². The standard InChI is InChI=1S/C25H35N5O4/c31-23-5-4-22(24(32)28-23)30-16-20-19(25(30)33)2-1-3-21(20)27-12-15-34-18-8-13-29(14-9-18)17-6-10-26-11-7-17/h1-3,17-18,22,26-27H,4-16H2,(H,28,31,32). The number of amides is 3.